The first-order valence-corrected chi connectivity index (χ1v) is 7.15. The van der Waals surface area contributed by atoms with Crippen LogP contribution in [0.25, 0.3) is 0 Å². The highest BCUT2D eigenvalue weighted by molar-refractivity contribution is 6.30. The van der Waals surface area contributed by atoms with E-state index < -0.39 is 0 Å². The molecule has 1 aromatic heterocycles. The molecule has 3 N–H and O–H groups in total. The number of hydrazine groups is 1. The molecule has 1 heterocycles. The summed E-state index contributed by atoms with van der Waals surface area (Å²) in [7, 11) is 1.68. The Balaban J connectivity index is 2.31. The maximum Gasteiger partial charge on any atom is 0.128 e. The quantitative estimate of drug-likeness (QED) is 0.658. The second-order valence-corrected chi connectivity index (χ2v) is 5.46. The molecule has 4 nitrogen and oxygen atoms in total. The van der Waals surface area contributed by atoms with Crippen molar-refractivity contribution >= 4 is 11.6 Å². The largest absolute Gasteiger partial charge is 0.496 e. The zero-order valence-corrected chi connectivity index (χ0v) is 13.2. The second kappa shape index (κ2) is 6.89. The van der Waals surface area contributed by atoms with E-state index in [1.165, 1.54) is 0 Å². The molecule has 0 aliphatic heterocycles. The summed E-state index contributed by atoms with van der Waals surface area (Å²) in [5.41, 5.74) is 6.89. The fourth-order valence-electron chi connectivity index (χ4n) is 2.47. The minimum absolute atomic E-state index is 0.0534. The van der Waals surface area contributed by atoms with Gasteiger partial charge in [0.25, 0.3) is 0 Å². The molecule has 0 aliphatic rings. The highest BCUT2D eigenvalue weighted by Crippen LogP contribution is 2.27. The third-order valence-corrected chi connectivity index (χ3v) is 3.83. The van der Waals surface area contributed by atoms with Gasteiger partial charge in [-0.15, -0.1) is 0 Å². The number of hydrogen-bond donors (Lipinski definition) is 2. The molecule has 2 rings (SSSR count). The number of nitrogens with one attached hydrogen (secondary N) is 1. The molecule has 0 amide bonds. The van der Waals surface area contributed by atoms with Crippen LogP contribution in [0.2, 0.25) is 5.02 Å². The van der Waals surface area contributed by atoms with Crippen LogP contribution in [0.1, 0.15) is 28.4 Å². The Morgan fingerprint density at radius 1 is 1.38 bits per heavy atom. The van der Waals surface area contributed by atoms with Crippen molar-refractivity contribution in [3.63, 3.8) is 0 Å². The SMILES string of the molecule is COc1c(C)cnc(CC(NN)c2cccc(Cl)c2)c1C. The molecular weight excluding hydrogens is 286 g/mol. The van der Waals surface area contributed by atoms with E-state index in [9.17, 15) is 0 Å². The Bertz CT molecular complexity index is 631. The third kappa shape index (κ3) is 3.53. The summed E-state index contributed by atoms with van der Waals surface area (Å²) < 4.78 is 5.44. The minimum atomic E-state index is -0.0534. The van der Waals surface area contributed by atoms with Crippen LogP contribution in [0, 0.1) is 13.8 Å². The maximum atomic E-state index is 6.04. The van der Waals surface area contributed by atoms with Gasteiger partial charge >= 0.3 is 0 Å². The summed E-state index contributed by atoms with van der Waals surface area (Å²) in [6, 6.07) is 7.61. The Kier molecular flexibility index (Phi) is 5.17. The zero-order valence-electron chi connectivity index (χ0n) is 12.5. The molecule has 21 heavy (non-hydrogen) atoms. The summed E-state index contributed by atoms with van der Waals surface area (Å²) in [6.07, 6.45) is 2.49. The molecule has 1 aromatic carbocycles. The smallest absolute Gasteiger partial charge is 0.128 e. The van der Waals surface area contributed by atoms with Gasteiger partial charge in [-0.1, -0.05) is 23.7 Å². The van der Waals surface area contributed by atoms with E-state index >= 15 is 0 Å². The topological polar surface area (TPSA) is 60.2 Å². The van der Waals surface area contributed by atoms with Crippen molar-refractivity contribution in [1.82, 2.24) is 10.4 Å². The van der Waals surface area contributed by atoms with Crippen LogP contribution < -0.4 is 16.0 Å². The average Bonchev–Trinajstić information content (AvgIpc) is 2.47. The van der Waals surface area contributed by atoms with Crippen LogP contribution in [-0.2, 0) is 6.42 Å². The molecule has 5 heteroatoms. The number of benzene rings is 1. The number of pyridine rings is 1. The number of methoxy groups -OCH3 is 1. The van der Waals surface area contributed by atoms with Crippen molar-refractivity contribution in [1.29, 1.82) is 0 Å². The number of hydrogen-bond acceptors (Lipinski definition) is 4. The number of halogens is 1. The second-order valence-electron chi connectivity index (χ2n) is 5.02. The van der Waals surface area contributed by atoms with Crippen molar-refractivity contribution < 1.29 is 4.74 Å². The van der Waals surface area contributed by atoms with Gasteiger partial charge in [-0.05, 0) is 31.5 Å². The molecule has 0 spiro atoms. The van der Waals surface area contributed by atoms with E-state index in [4.69, 9.17) is 22.2 Å². The van der Waals surface area contributed by atoms with E-state index in [-0.39, 0.29) is 6.04 Å². The van der Waals surface area contributed by atoms with Crippen LogP contribution >= 0.6 is 11.6 Å². The average molecular weight is 306 g/mol. The number of nitrogens with zero attached hydrogens (tertiary/aromatic N) is 1. The van der Waals surface area contributed by atoms with E-state index in [1.807, 2.05) is 44.3 Å². The van der Waals surface area contributed by atoms with Gasteiger partial charge in [0.2, 0.25) is 0 Å². The molecular formula is C16H20ClN3O. The van der Waals surface area contributed by atoms with Gasteiger partial charge in [0.1, 0.15) is 5.75 Å². The first-order chi connectivity index (χ1) is 10.1. The number of aromatic nitrogens is 1. The number of aryl methyl sites for hydroxylation is 1. The van der Waals surface area contributed by atoms with Crippen LogP contribution in [0.15, 0.2) is 30.5 Å². The lowest BCUT2D eigenvalue weighted by molar-refractivity contribution is 0.406. The molecule has 0 bridgehead atoms. The normalized spacial score (nSPS) is 12.2. The van der Waals surface area contributed by atoms with Gasteiger partial charge in [0.05, 0.1) is 13.2 Å². The Hall–Kier alpha value is -1.62. The third-order valence-electron chi connectivity index (χ3n) is 3.60. The summed E-state index contributed by atoms with van der Waals surface area (Å²) >= 11 is 6.04. The van der Waals surface area contributed by atoms with E-state index in [0.29, 0.717) is 11.4 Å². The fraction of sp³-hybridized carbons (Fsp3) is 0.312. The lowest BCUT2D eigenvalue weighted by Gasteiger charge is -2.19. The minimum Gasteiger partial charge on any atom is -0.496 e. The molecule has 112 valence electrons. The highest BCUT2D eigenvalue weighted by Gasteiger charge is 2.16. The van der Waals surface area contributed by atoms with Crippen molar-refractivity contribution in [2.24, 2.45) is 5.84 Å². The summed E-state index contributed by atoms with van der Waals surface area (Å²) in [6.45, 7) is 4.00. The molecule has 0 radical (unpaired) electrons. The lowest BCUT2D eigenvalue weighted by Crippen LogP contribution is -2.30. The molecule has 0 saturated heterocycles. The predicted molar refractivity (Wildman–Crippen MR) is 85.5 cm³/mol. The Morgan fingerprint density at radius 2 is 2.14 bits per heavy atom. The molecule has 0 saturated carbocycles. The van der Waals surface area contributed by atoms with E-state index in [0.717, 1.165) is 28.1 Å². The predicted octanol–water partition coefficient (Wildman–Crippen LogP) is 3.11. The van der Waals surface area contributed by atoms with Gasteiger partial charge in [0.15, 0.2) is 0 Å². The van der Waals surface area contributed by atoms with E-state index in [1.54, 1.807) is 7.11 Å². The van der Waals surface area contributed by atoms with Crippen LogP contribution in [0.4, 0.5) is 0 Å². The monoisotopic (exact) mass is 305 g/mol. The molecule has 1 atom stereocenters. The van der Waals surface area contributed by atoms with Gasteiger partial charge < -0.3 is 4.74 Å². The lowest BCUT2D eigenvalue weighted by atomic mass is 9.99. The number of nitrogens with two attached hydrogens (primary N) is 1. The van der Waals surface area contributed by atoms with Crippen molar-refractivity contribution in [2.75, 3.05) is 7.11 Å². The van der Waals surface area contributed by atoms with Crippen molar-refractivity contribution in [3.8, 4) is 5.75 Å². The molecule has 0 aliphatic carbocycles. The van der Waals surface area contributed by atoms with Crippen molar-refractivity contribution in [2.45, 2.75) is 26.3 Å². The number of rotatable bonds is 5. The highest BCUT2D eigenvalue weighted by atomic mass is 35.5. The van der Waals surface area contributed by atoms with E-state index in [2.05, 4.69) is 10.4 Å². The fourth-order valence-corrected chi connectivity index (χ4v) is 2.67. The maximum absolute atomic E-state index is 6.04. The first kappa shape index (κ1) is 15.8. The molecule has 1 unspecified atom stereocenters. The van der Waals surface area contributed by atoms with Gasteiger partial charge in [-0.25, -0.2) is 0 Å². The molecule has 0 fully saturated rings. The van der Waals surface area contributed by atoms with Gasteiger partial charge in [-0.2, -0.15) is 0 Å². The van der Waals surface area contributed by atoms with Crippen molar-refractivity contribution in [3.05, 3.63) is 57.9 Å². The Labute approximate surface area is 130 Å². The summed E-state index contributed by atoms with van der Waals surface area (Å²) in [5.74, 6) is 6.58. The standard InChI is InChI=1S/C16H20ClN3O/c1-10-9-19-14(11(2)16(10)21-3)8-15(20-18)12-5-4-6-13(17)7-12/h4-7,9,15,20H,8,18H2,1-3H3. The van der Waals surface area contributed by atoms with Crippen LogP contribution in [0.3, 0.4) is 0 Å². The first-order valence-electron chi connectivity index (χ1n) is 6.77. The molecule has 2 aromatic rings. The summed E-state index contributed by atoms with van der Waals surface area (Å²) in [4.78, 5) is 4.51. The van der Waals surface area contributed by atoms with Gasteiger partial charge in [0, 0.05) is 34.5 Å². The zero-order chi connectivity index (χ0) is 15.4. The van der Waals surface area contributed by atoms with Crippen LogP contribution in [-0.4, -0.2) is 12.1 Å². The summed E-state index contributed by atoms with van der Waals surface area (Å²) in [5, 5.41) is 0.693. The number of ether oxygens (including phenoxy) is 1. The van der Waals surface area contributed by atoms with Crippen LogP contribution in [0.5, 0.6) is 5.75 Å². The Morgan fingerprint density at radius 3 is 2.76 bits per heavy atom. The van der Waals surface area contributed by atoms with Gasteiger partial charge in [-0.3, -0.25) is 16.3 Å².